The second-order valence-corrected chi connectivity index (χ2v) is 10.5. The van der Waals surface area contributed by atoms with Crippen LogP contribution in [0.15, 0.2) is 36.4 Å². The van der Waals surface area contributed by atoms with E-state index in [1.54, 1.807) is 12.1 Å². The van der Waals surface area contributed by atoms with Crippen LogP contribution in [-0.4, -0.2) is 75.9 Å². The fourth-order valence-electron chi connectivity index (χ4n) is 4.31. The molecule has 2 aromatic rings. The van der Waals surface area contributed by atoms with Crippen molar-refractivity contribution in [1.82, 2.24) is 9.88 Å². The molecule has 1 atom stereocenters. The Kier molecular flexibility index (Phi) is 5.07. The van der Waals surface area contributed by atoms with Gasteiger partial charge >= 0.3 is 6.09 Å². The van der Waals surface area contributed by atoms with Gasteiger partial charge in [0.25, 0.3) is 5.92 Å². The summed E-state index contributed by atoms with van der Waals surface area (Å²) in [7, 11) is -1.96. The molecule has 9 nitrogen and oxygen atoms in total. The van der Waals surface area contributed by atoms with Crippen LogP contribution in [-0.2, 0) is 0 Å². The van der Waals surface area contributed by atoms with E-state index in [0.29, 0.717) is 43.4 Å². The Bertz CT molecular complexity index is 1100. The Balaban J connectivity index is 1.39. The first-order valence-corrected chi connectivity index (χ1v) is 12.1. The summed E-state index contributed by atoms with van der Waals surface area (Å²) >= 11 is 0. The number of nitrogens with zero attached hydrogens (tertiary/aromatic N) is 5. The standard InChI is InChI=1S/C21H25F2N5O4S/c1-25-19-18(28(33(25,31)32)13-15-12-21(15,22)23)6-5-17(24-19)14-3-2-4-16(11-14)26-7-9-27(10-8-26)20(29)30/h2-6,11,15,31-32H,7-10,12-13H2,1H3,(H,29,30). The zero-order valence-electron chi connectivity index (χ0n) is 17.9. The number of carbonyl (C=O) groups is 1. The van der Waals surface area contributed by atoms with Gasteiger partial charge in [0.1, 0.15) is 5.69 Å². The van der Waals surface area contributed by atoms with Gasteiger partial charge < -0.3 is 14.9 Å². The summed E-state index contributed by atoms with van der Waals surface area (Å²) < 4.78 is 50.8. The number of piperazine rings is 1. The van der Waals surface area contributed by atoms with Crippen molar-refractivity contribution in [2.75, 3.05) is 53.3 Å². The molecule has 12 heteroatoms. The fraction of sp³-hybridized carbons (Fsp3) is 0.429. The zero-order chi connectivity index (χ0) is 23.5. The van der Waals surface area contributed by atoms with Crippen LogP contribution in [0.5, 0.6) is 0 Å². The molecule has 1 aliphatic carbocycles. The number of anilines is 3. The summed E-state index contributed by atoms with van der Waals surface area (Å²) in [4.78, 5) is 19.3. The van der Waals surface area contributed by atoms with Crippen LogP contribution >= 0.6 is 11.0 Å². The van der Waals surface area contributed by atoms with Gasteiger partial charge in [0.2, 0.25) is 0 Å². The zero-order valence-corrected chi connectivity index (χ0v) is 18.8. The SMILES string of the molecule is CN1c2nc(-c3cccc(N4CCN(C(=O)O)CC4)c3)ccc2N(CC2CC2(F)F)S1(O)O. The Labute approximate surface area is 191 Å². The van der Waals surface area contributed by atoms with E-state index in [1.165, 1.54) is 20.6 Å². The monoisotopic (exact) mass is 481 g/mol. The quantitative estimate of drug-likeness (QED) is 0.601. The number of rotatable bonds is 4. The van der Waals surface area contributed by atoms with Gasteiger partial charge in [-0.05, 0) is 35.2 Å². The lowest BCUT2D eigenvalue weighted by molar-refractivity contribution is 0.101. The van der Waals surface area contributed by atoms with E-state index in [-0.39, 0.29) is 13.0 Å². The molecule has 1 saturated carbocycles. The smallest absolute Gasteiger partial charge is 0.407 e. The predicted octanol–water partition coefficient (Wildman–Crippen LogP) is 4.04. The predicted molar refractivity (Wildman–Crippen MR) is 123 cm³/mol. The maximum atomic E-state index is 13.5. The van der Waals surface area contributed by atoms with Crippen molar-refractivity contribution in [1.29, 1.82) is 0 Å². The second-order valence-electron chi connectivity index (χ2n) is 8.56. The molecule has 1 unspecified atom stereocenters. The van der Waals surface area contributed by atoms with Crippen molar-refractivity contribution in [3.8, 4) is 11.3 Å². The van der Waals surface area contributed by atoms with E-state index in [0.717, 1.165) is 11.3 Å². The molecule has 3 aliphatic rings. The molecule has 2 aliphatic heterocycles. The largest absolute Gasteiger partial charge is 0.465 e. The number of alkyl halides is 2. The highest BCUT2D eigenvalue weighted by molar-refractivity contribution is 8.26. The lowest BCUT2D eigenvalue weighted by atomic mass is 10.1. The first-order chi connectivity index (χ1) is 15.6. The first-order valence-electron chi connectivity index (χ1n) is 10.6. The average Bonchev–Trinajstić information content (AvgIpc) is 3.36. The first kappa shape index (κ1) is 22.0. The molecule has 1 saturated heterocycles. The highest BCUT2D eigenvalue weighted by atomic mass is 32.3. The van der Waals surface area contributed by atoms with E-state index >= 15 is 0 Å². The topological polar surface area (TPSA) is 104 Å². The number of aromatic nitrogens is 1. The van der Waals surface area contributed by atoms with Crippen molar-refractivity contribution in [2.45, 2.75) is 12.3 Å². The number of benzene rings is 1. The number of amides is 1. The summed E-state index contributed by atoms with van der Waals surface area (Å²) in [5.74, 6) is -3.33. The average molecular weight is 482 g/mol. The van der Waals surface area contributed by atoms with E-state index in [9.17, 15) is 22.7 Å². The van der Waals surface area contributed by atoms with Crippen LogP contribution in [0, 0.1) is 5.92 Å². The fourth-order valence-corrected chi connectivity index (χ4v) is 5.76. The molecule has 33 heavy (non-hydrogen) atoms. The third kappa shape index (κ3) is 3.81. The Morgan fingerprint density at radius 3 is 2.52 bits per heavy atom. The van der Waals surface area contributed by atoms with Crippen LogP contribution in [0.3, 0.4) is 0 Å². The highest BCUT2D eigenvalue weighted by Gasteiger charge is 2.59. The third-order valence-corrected chi connectivity index (χ3v) is 8.33. The number of fused-ring (bicyclic) bond motifs is 1. The van der Waals surface area contributed by atoms with Gasteiger partial charge in [-0.1, -0.05) is 12.1 Å². The van der Waals surface area contributed by atoms with Crippen molar-refractivity contribution >= 4 is 34.2 Å². The molecule has 3 heterocycles. The molecule has 178 valence electrons. The number of hydrogen-bond donors (Lipinski definition) is 3. The van der Waals surface area contributed by atoms with Gasteiger partial charge in [0.15, 0.2) is 5.82 Å². The van der Waals surface area contributed by atoms with Crippen molar-refractivity contribution in [2.24, 2.45) is 5.92 Å². The van der Waals surface area contributed by atoms with Crippen molar-refractivity contribution in [3.63, 3.8) is 0 Å². The summed E-state index contributed by atoms with van der Waals surface area (Å²) in [5.41, 5.74) is 2.79. The second kappa shape index (κ2) is 7.61. The van der Waals surface area contributed by atoms with Crippen LogP contribution < -0.4 is 13.5 Å². The molecular weight excluding hydrogens is 456 g/mol. The van der Waals surface area contributed by atoms with Crippen molar-refractivity contribution in [3.05, 3.63) is 36.4 Å². The Morgan fingerprint density at radius 2 is 1.88 bits per heavy atom. The summed E-state index contributed by atoms with van der Waals surface area (Å²) in [6, 6.07) is 11.1. The van der Waals surface area contributed by atoms with Gasteiger partial charge in [-0.3, -0.25) is 9.11 Å². The van der Waals surface area contributed by atoms with Gasteiger partial charge in [-0.25, -0.2) is 27.2 Å². The van der Waals surface area contributed by atoms with E-state index in [4.69, 9.17) is 5.11 Å². The van der Waals surface area contributed by atoms with Crippen LogP contribution in [0.25, 0.3) is 11.3 Å². The van der Waals surface area contributed by atoms with Gasteiger partial charge in [-0.15, -0.1) is 0 Å². The van der Waals surface area contributed by atoms with E-state index < -0.39 is 28.9 Å². The Hall–Kier alpha value is -2.83. The lowest BCUT2D eigenvalue weighted by Gasteiger charge is -2.41. The normalized spacial score (nSPS) is 24.0. The molecule has 1 aromatic carbocycles. The minimum atomic E-state index is -3.46. The van der Waals surface area contributed by atoms with Crippen LogP contribution in [0.4, 0.5) is 30.8 Å². The number of pyridine rings is 1. The molecule has 1 amide bonds. The maximum Gasteiger partial charge on any atom is 0.407 e. The molecule has 1 aromatic heterocycles. The molecule has 3 N–H and O–H groups in total. The summed E-state index contributed by atoms with van der Waals surface area (Å²) in [6.07, 6.45) is -1.17. The van der Waals surface area contributed by atoms with E-state index in [2.05, 4.69) is 9.88 Å². The van der Waals surface area contributed by atoms with Crippen molar-refractivity contribution < 1.29 is 27.8 Å². The molecule has 0 spiro atoms. The van der Waals surface area contributed by atoms with Crippen LogP contribution in [0.2, 0.25) is 0 Å². The van der Waals surface area contributed by atoms with Crippen LogP contribution in [0.1, 0.15) is 6.42 Å². The molecule has 0 radical (unpaired) electrons. The van der Waals surface area contributed by atoms with Gasteiger partial charge in [0.05, 0.1) is 5.69 Å². The number of halogens is 2. The minimum Gasteiger partial charge on any atom is -0.465 e. The summed E-state index contributed by atoms with van der Waals surface area (Å²) in [6.45, 7) is 1.87. The maximum absolute atomic E-state index is 13.5. The molecule has 0 bridgehead atoms. The number of carboxylic acid groups (broad SMARTS) is 1. The molecule has 2 fully saturated rings. The highest BCUT2D eigenvalue weighted by Crippen LogP contribution is 2.62. The number of hydrogen-bond acceptors (Lipinski definition) is 7. The van der Waals surface area contributed by atoms with Gasteiger partial charge in [-0.2, -0.15) is 0 Å². The molecule has 5 rings (SSSR count). The summed E-state index contributed by atoms with van der Waals surface area (Å²) in [5, 5.41) is 9.14. The van der Waals surface area contributed by atoms with Gasteiger partial charge in [0, 0.05) is 63.4 Å². The van der Waals surface area contributed by atoms with E-state index in [1.807, 2.05) is 24.3 Å². The lowest BCUT2D eigenvalue weighted by Crippen LogP contribution is -2.48. The Morgan fingerprint density at radius 1 is 1.18 bits per heavy atom. The minimum absolute atomic E-state index is 0.147. The molecular formula is C21H25F2N5O4S. The third-order valence-electron chi connectivity index (χ3n) is 6.48.